The number of ether oxygens (including phenoxy) is 4. The van der Waals surface area contributed by atoms with Crippen LogP contribution >= 0.6 is 0 Å². The second-order valence-corrected chi connectivity index (χ2v) is 4.60. The van der Waals surface area contributed by atoms with Crippen LogP contribution in [0.5, 0.6) is 23.0 Å². The van der Waals surface area contributed by atoms with Crippen molar-refractivity contribution in [1.29, 1.82) is 0 Å². The average molecular weight is 340 g/mol. The van der Waals surface area contributed by atoms with Crippen LogP contribution in [0.3, 0.4) is 0 Å². The summed E-state index contributed by atoms with van der Waals surface area (Å²) >= 11 is 0. The van der Waals surface area contributed by atoms with Crippen molar-refractivity contribution in [3.8, 4) is 23.0 Å². The zero-order valence-corrected chi connectivity index (χ0v) is 13.3. The third-order valence-corrected chi connectivity index (χ3v) is 2.87. The lowest BCUT2D eigenvalue weighted by Gasteiger charge is -2.09. The lowest BCUT2D eigenvalue weighted by atomic mass is 10.3. The molecule has 0 bridgehead atoms. The molecule has 2 aromatic rings. The molecule has 0 spiro atoms. The molecule has 0 aliphatic rings. The van der Waals surface area contributed by atoms with Gasteiger partial charge < -0.3 is 18.9 Å². The highest BCUT2D eigenvalue weighted by Crippen LogP contribution is 2.20. The predicted octanol–water partition coefficient (Wildman–Crippen LogP) is 3.28. The third kappa shape index (κ3) is 5.87. The maximum atomic E-state index is 11.1. The first kappa shape index (κ1) is 17.8. The van der Waals surface area contributed by atoms with E-state index in [-0.39, 0.29) is 6.79 Å². The van der Waals surface area contributed by atoms with Gasteiger partial charge in [-0.05, 0) is 48.5 Å². The molecule has 0 saturated carbocycles. The van der Waals surface area contributed by atoms with Gasteiger partial charge >= 0.3 is 11.9 Å². The number of carbonyl (C=O) groups is 2. The first-order chi connectivity index (χ1) is 12.1. The smallest absolute Gasteiger partial charge is 0.335 e. The first-order valence-electron chi connectivity index (χ1n) is 7.25. The molecule has 0 aliphatic heterocycles. The van der Waals surface area contributed by atoms with Crippen molar-refractivity contribution in [2.24, 2.45) is 0 Å². The van der Waals surface area contributed by atoms with Gasteiger partial charge in [0.2, 0.25) is 6.79 Å². The van der Waals surface area contributed by atoms with E-state index in [0.29, 0.717) is 23.0 Å². The Morgan fingerprint density at radius 1 is 0.680 bits per heavy atom. The number of esters is 2. The molecule has 0 radical (unpaired) electrons. The molecular formula is C19H16O6. The van der Waals surface area contributed by atoms with Crippen LogP contribution in [0.4, 0.5) is 0 Å². The zero-order valence-electron chi connectivity index (χ0n) is 13.3. The van der Waals surface area contributed by atoms with Crippen LogP contribution in [-0.2, 0) is 9.59 Å². The van der Waals surface area contributed by atoms with E-state index in [1.54, 1.807) is 48.5 Å². The normalized spacial score (nSPS) is 9.60. The molecule has 2 rings (SSSR count). The molecule has 0 unspecified atom stereocenters. The van der Waals surface area contributed by atoms with Gasteiger partial charge in [-0.25, -0.2) is 9.59 Å². The van der Waals surface area contributed by atoms with Crippen LogP contribution in [0, 0.1) is 0 Å². The fourth-order valence-corrected chi connectivity index (χ4v) is 1.69. The van der Waals surface area contributed by atoms with Gasteiger partial charge in [-0.15, -0.1) is 0 Å². The Kier molecular flexibility index (Phi) is 6.36. The van der Waals surface area contributed by atoms with Gasteiger partial charge in [0.15, 0.2) is 0 Å². The fourth-order valence-electron chi connectivity index (χ4n) is 1.69. The number of hydrogen-bond acceptors (Lipinski definition) is 6. The van der Waals surface area contributed by atoms with Crippen LogP contribution in [0.2, 0.25) is 0 Å². The minimum atomic E-state index is -0.529. The lowest BCUT2D eigenvalue weighted by Crippen LogP contribution is -2.06. The molecule has 6 heteroatoms. The van der Waals surface area contributed by atoms with Crippen LogP contribution in [0.15, 0.2) is 73.8 Å². The van der Waals surface area contributed by atoms with Crippen molar-refractivity contribution in [2.45, 2.75) is 0 Å². The third-order valence-electron chi connectivity index (χ3n) is 2.87. The summed E-state index contributed by atoms with van der Waals surface area (Å²) in [4.78, 5) is 22.1. The Hall–Kier alpha value is -3.54. The molecule has 128 valence electrons. The molecule has 0 aliphatic carbocycles. The molecule has 0 aromatic heterocycles. The zero-order chi connectivity index (χ0) is 18.1. The maximum Gasteiger partial charge on any atom is 0.335 e. The quantitative estimate of drug-likeness (QED) is 0.318. The van der Waals surface area contributed by atoms with E-state index in [9.17, 15) is 9.59 Å². The molecular weight excluding hydrogens is 324 g/mol. The standard InChI is InChI=1S/C19H16O6/c1-3-18(20)24-16-9-5-14(6-10-16)22-13-23-15-7-11-17(12-8-15)25-19(21)4-2/h3-12H,1-2,13H2. The monoisotopic (exact) mass is 340 g/mol. The van der Waals surface area contributed by atoms with Gasteiger partial charge in [-0.2, -0.15) is 0 Å². The highest BCUT2D eigenvalue weighted by molar-refractivity contribution is 5.83. The van der Waals surface area contributed by atoms with Crippen molar-refractivity contribution in [3.05, 3.63) is 73.8 Å². The Morgan fingerprint density at radius 2 is 1.00 bits per heavy atom. The van der Waals surface area contributed by atoms with Gasteiger partial charge in [0.05, 0.1) is 0 Å². The van der Waals surface area contributed by atoms with E-state index in [1.165, 1.54) is 0 Å². The van der Waals surface area contributed by atoms with Gasteiger partial charge in [-0.1, -0.05) is 13.2 Å². The van der Waals surface area contributed by atoms with Crippen molar-refractivity contribution in [1.82, 2.24) is 0 Å². The highest BCUT2D eigenvalue weighted by Gasteiger charge is 2.02. The molecule has 0 heterocycles. The second kappa shape index (κ2) is 8.93. The number of hydrogen-bond donors (Lipinski definition) is 0. The molecule has 6 nitrogen and oxygen atoms in total. The van der Waals surface area contributed by atoms with E-state index < -0.39 is 11.9 Å². The summed E-state index contributed by atoms with van der Waals surface area (Å²) in [6, 6.07) is 13.0. The minimum absolute atomic E-state index is 0.0163. The number of benzene rings is 2. The SMILES string of the molecule is C=CC(=O)Oc1ccc(OCOc2ccc(OC(=O)C=C)cc2)cc1. The van der Waals surface area contributed by atoms with Gasteiger partial charge in [0.25, 0.3) is 0 Å². The molecule has 0 atom stereocenters. The van der Waals surface area contributed by atoms with E-state index in [4.69, 9.17) is 18.9 Å². The highest BCUT2D eigenvalue weighted by atomic mass is 16.7. The summed E-state index contributed by atoms with van der Waals surface area (Å²) in [6.45, 7) is 6.63. The van der Waals surface area contributed by atoms with Crippen LogP contribution in [0.25, 0.3) is 0 Å². The molecule has 0 N–H and O–H groups in total. The van der Waals surface area contributed by atoms with E-state index in [0.717, 1.165) is 12.2 Å². The average Bonchev–Trinajstić information content (AvgIpc) is 2.64. The van der Waals surface area contributed by atoms with Crippen molar-refractivity contribution >= 4 is 11.9 Å². The summed E-state index contributed by atoms with van der Waals surface area (Å²) < 4.78 is 20.8. The van der Waals surface area contributed by atoms with Gasteiger partial charge in [0.1, 0.15) is 23.0 Å². The Balaban J connectivity index is 1.80. The Bertz CT molecular complexity index is 681. The van der Waals surface area contributed by atoms with E-state index in [2.05, 4.69) is 13.2 Å². The van der Waals surface area contributed by atoms with E-state index >= 15 is 0 Å². The summed E-state index contributed by atoms with van der Waals surface area (Å²) in [7, 11) is 0. The molecule has 25 heavy (non-hydrogen) atoms. The van der Waals surface area contributed by atoms with Crippen LogP contribution in [-0.4, -0.2) is 18.7 Å². The molecule has 0 saturated heterocycles. The summed E-state index contributed by atoms with van der Waals surface area (Å²) in [5.74, 6) is 0.828. The van der Waals surface area contributed by atoms with Gasteiger partial charge in [0, 0.05) is 12.2 Å². The first-order valence-corrected chi connectivity index (χ1v) is 7.25. The largest absolute Gasteiger partial charge is 0.457 e. The fraction of sp³-hybridized carbons (Fsp3) is 0.0526. The van der Waals surface area contributed by atoms with Gasteiger partial charge in [-0.3, -0.25) is 0 Å². The van der Waals surface area contributed by atoms with E-state index in [1.807, 2.05) is 0 Å². The van der Waals surface area contributed by atoms with Crippen molar-refractivity contribution < 1.29 is 28.5 Å². The minimum Gasteiger partial charge on any atom is -0.457 e. The summed E-state index contributed by atoms with van der Waals surface area (Å²) in [5, 5.41) is 0. The Labute approximate surface area is 144 Å². The maximum absolute atomic E-state index is 11.1. The molecule has 0 fully saturated rings. The summed E-state index contributed by atoms with van der Waals surface area (Å²) in [5.41, 5.74) is 0. The predicted molar refractivity (Wildman–Crippen MR) is 90.7 cm³/mol. The number of rotatable bonds is 8. The van der Waals surface area contributed by atoms with Crippen molar-refractivity contribution in [3.63, 3.8) is 0 Å². The van der Waals surface area contributed by atoms with Crippen LogP contribution in [0.1, 0.15) is 0 Å². The summed E-state index contributed by atoms with van der Waals surface area (Å²) in [6.07, 6.45) is 2.17. The second-order valence-electron chi connectivity index (χ2n) is 4.60. The van der Waals surface area contributed by atoms with Crippen molar-refractivity contribution in [2.75, 3.05) is 6.79 Å². The topological polar surface area (TPSA) is 71.1 Å². The number of carbonyl (C=O) groups excluding carboxylic acids is 2. The lowest BCUT2D eigenvalue weighted by molar-refractivity contribution is -0.129. The molecule has 2 aromatic carbocycles. The molecule has 0 amide bonds. The Morgan fingerprint density at radius 3 is 1.32 bits per heavy atom. The van der Waals surface area contributed by atoms with Crippen LogP contribution < -0.4 is 18.9 Å².